The molecule has 4 radical (unpaired) electrons. The summed E-state index contributed by atoms with van der Waals surface area (Å²) in [5.74, 6) is 0.723. The summed E-state index contributed by atoms with van der Waals surface area (Å²) in [6, 6.07) is 68.3. The van der Waals surface area contributed by atoms with Crippen molar-refractivity contribution in [3.63, 3.8) is 0 Å². The zero-order valence-electron chi connectivity index (χ0n) is 64.7. The SMILES string of the molecule is CC(O)CC(C)O.CC(O)CC(C)O.CN=Cc1ccccc1O.Cc1cnc(-c2[c-]cccc2)c(C)n1.Cc1cnc(-c2[c-]cccc2)c(C)n1.Cc1cnc(-c2[c-]cccc2)c(C)n1.Cc1cnc(-c2[c-]cccc2)c(C)n1.Cc1nc(C(C)C)cnc1-c1[c-]cccc1.O=Cc1ccccc1O.[Ir].[Ir].[Ir].[Ir].[Pt]. The van der Waals surface area contributed by atoms with E-state index < -0.39 is 0 Å². The van der Waals surface area contributed by atoms with Crippen LogP contribution in [-0.4, -0.2) is 124 Å². The summed E-state index contributed by atoms with van der Waals surface area (Å²) in [6.45, 7) is 28.5. The summed E-state index contributed by atoms with van der Waals surface area (Å²) in [6.07, 6.45) is 10.7. The fraction of sp³-hybridized carbons (Fsp3) is 0.264. The maximum absolute atomic E-state index is 10.1. The number of rotatable bonds is 12. The third-order valence-corrected chi connectivity index (χ3v) is 14.3. The summed E-state index contributed by atoms with van der Waals surface area (Å²) < 4.78 is 0. The fourth-order valence-corrected chi connectivity index (χ4v) is 9.50. The van der Waals surface area contributed by atoms with Crippen LogP contribution in [-0.2, 0) is 101 Å². The molecule has 0 bridgehead atoms. The molecule has 594 valence electrons. The molecule has 4 unspecified atom stereocenters. The van der Waals surface area contributed by atoms with Crippen LogP contribution in [0.25, 0.3) is 56.3 Å². The Morgan fingerprint density at radius 2 is 0.591 bits per heavy atom. The maximum atomic E-state index is 10.1. The van der Waals surface area contributed by atoms with Gasteiger partial charge in [0.2, 0.25) is 0 Å². The largest absolute Gasteiger partial charge is 0.507 e. The quantitative estimate of drug-likeness (QED) is 0.0377. The van der Waals surface area contributed by atoms with E-state index >= 15 is 0 Å². The van der Waals surface area contributed by atoms with Gasteiger partial charge in [0.05, 0.1) is 58.4 Å². The number of phenols is 2. The van der Waals surface area contributed by atoms with Crippen molar-refractivity contribution in [2.24, 2.45) is 4.99 Å². The molecule has 0 amide bonds. The van der Waals surface area contributed by atoms with Crippen molar-refractivity contribution < 1.29 is 137 Å². The molecule has 0 aliphatic heterocycles. The number of benzene rings is 7. The fourth-order valence-electron chi connectivity index (χ4n) is 9.50. The molecule has 110 heavy (non-hydrogen) atoms. The van der Waals surface area contributed by atoms with Crippen molar-refractivity contribution in [1.29, 1.82) is 0 Å². The molecule has 5 heterocycles. The third kappa shape index (κ3) is 40.3. The van der Waals surface area contributed by atoms with Gasteiger partial charge in [-0.05, 0) is 133 Å². The number of aliphatic imine (C=N–C) groups is 1. The Hall–Kier alpha value is -7.99. The van der Waals surface area contributed by atoms with E-state index in [0.717, 1.165) is 119 Å². The number of aliphatic hydroxyl groups excluding tert-OH is 4. The van der Waals surface area contributed by atoms with Crippen LogP contribution in [0.1, 0.15) is 133 Å². The van der Waals surface area contributed by atoms with Crippen molar-refractivity contribution in [2.45, 2.75) is 147 Å². The van der Waals surface area contributed by atoms with Gasteiger partial charge in [-0.2, -0.15) is 0 Å². The average molecular weight is 2370 g/mol. The van der Waals surface area contributed by atoms with Gasteiger partial charge >= 0.3 is 0 Å². The van der Waals surface area contributed by atoms with Gasteiger partial charge in [-0.15, -0.1) is 179 Å². The van der Waals surface area contributed by atoms with Crippen LogP contribution in [0, 0.1) is 92.6 Å². The number of hydrogen-bond acceptors (Lipinski definition) is 18. The number of carbonyl (C=O) groups excluding carboxylic acids is 1. The molecule has 6 N–H and O–H groups in total. The van der Waals surface area contributed by atoms with E-state index in [1.54, 1.807) is 96.1 Å². The molecule has 18 nitrogen and oxygen atoms in total. The molecule has 12 rings (SSSR count). The minimum atomic E-state index is -0.375. The molecule has 0 spiro atoms. The van der Waals surface area contributed by atoms with Crippen LogP contribution in [0.2, 0.25) is 0 Å². The van der Waals surface area contributed by atoms with Gasteiger partial charge in [0.1, 0.15) is 11.5 Å². The normalized spacial score (nSPS) is 10.8. The molecule has 0 saturated heterocycles. The van der Waals surface area contributed by atoms with Crippen molar-refractivity contribution in [3.8, 4) is 67.8 Å². The number of nitrogens with zero attached hydrogens (tertiary/aromatic N) is 11. The zero-order valence-corrected chi connectivity index (χ0v) is 76.5. The Labute approximate surface area is 719 Å². The Morgan fingerprint density at radius 3 is 0.773 bits per heavy atom. The smallest absolute Gasteiger partial charge is 0.153 e. The van der Waals surface area contributed by atoms with Gasteiger partial charge < -0.3 is 55.6 Å². The number of phenolic OH excluding ortho intramolecular Hbond substituents is 2. The van der Waals surface area contributed by atoms with Crippen molar-refractivity contribution in [3.05, 3.63) is 299 Å². The van der Waals surface area contributed by atoms with E-state index in [1.807, 2.05) is 202 Å². The first-order chi connectivity index (χ1) is 50.2. The van der Waals surface area contributed by atoms with Crippen LogP contribution >= 0.6 is 0 Å². The van der Waals surface area contributed by atoms with Crippen molar-refractivity contribution >= 4 is 12.5 Å². The standard InChI is InChI=1S/C14H15N2.4C12H11N2.C8H9NO.C7H6O2.2C5H12O2.4Ir.Pt/c1-10(2)13-9-15-14(11(3)16-13)12-7-5-4-6-8-12;4*1-9-8-13-12(10(2)14-9)11-6-4-3-5-7-11;1-9-6-7-4-2-3-5-8(7)10;8-5-6-3-1-2-4-7(6)9;2*1-4(6)3-5(2)7;;;;;/h4-7,9-10H,1-3H3;4*3-6,8H,1-2H3;2-6,10H,1H3;1-5,9H;2*4-7H,3H2,1-2H3;;;;;/q5*-1;;;;;;;;;. The summed E-state index contributed by atoms with van der Waals surface area (Å²) in [4.78, 5) is 57.8. The van der Waals surface area contributed by atoms with Crippen molar-refractivity contribution in [2.75, 3.05) is 7.05 Å². The van der Waals surface area contributed by atoms with Crippen LogP contribution in [0.3, 0.4) is 0 Å². The first-order valence-electron chi connectivity index (χ1n) is 34.3. The van der Waals surface area contributed by atoms with Crippen LogP contribution < -0.4 is 0 Å². The minimum Gasteiger partial charge on any atom is -0.507 e. The number of aromatic nitrogens is 10. The molecule has 5 aromatic heterocycles. The van der Waals surface area contributed by atoms with E-state index in [-0.39, 0.29) is 137 Å². The number of aryl methyl sites for hydroxylation is 9. The van der Waals surface area contributed by atoms with Crippen molar-refractivity contribution in [1.82, 2.24) is 49.8 Å². The Bertz CT molecular complexity index is 4130. The zero-order chi connectivity index (χ0) is 77.2. The van der Waals surface area contributed by atoms with E-state index in [2.05, 4.69) is 99.0 Å². The number of aliphatic hydroxyl groups is 4. The number of carbonyl (C=O) groups is 1. The first-order valence-corrected chi connectivity index (χ1v) is 34.3. The molecule has 0 saturated carbocycles. The summed E-state index contributed by atoms with van der Waals surface area (Å²) in [5.41, 5.74) is 20.2. The number of aromatic hydroxyl groups is 2. The predicted octanol–water partition coefficient (Wildman–Crippen LogP) is 16.5. The van der Waals surface area contributed by atoms with E-state index in [0.29, 0.717) is 30.6 Å². The topological polar surface area (TPSA) is 280 Å². The van der Waals surface area contributed by atoms with Crippen LogP contribution in [0.5, 0.6) is 11.5 Å². The Balaban J connectivity index is 0. The maximum Gasteiger partial charge on any atom is 0.153 e. The Kier molecular flexibility index (Phi) is 54.8. The third-order valence-electron chi connectivity index (χ3n) is 14.3. The number of aldehydes is 1. The second-order valence-corrected chi connectivity index (χ2v) is 24.5. The molecular formula is C87H98Ir4N11O7Pt-5. The molecule has 7 aromatic carbocycles. The van der Waals surface area contributed by atoms with Gasteiger partial charge in [-0.1, -0.05) is 38.1 Å². The van der Waals surface area contributed by atoms with Gasteiger partial charge in [0.25, 0.3) is 0 Å². The van der Waals surface area contributed by atoms with E-state index in [4.69, 9.17) is 30.6 Å². The molecule has 23 heteroatoms. The van der Waals surface area contributed by atoms with Gasteiger partial charge in [-0.3, -0.25) is 34.7 Å². The molecule has 0 aliphatic rings. The average Bonchev–Trinajstić information content (AvgIpc) is 0.853. The molecule has 12 aromatic rings. The first kappa shape index (κ1) is 104. The van der Waals surface area contributed by atoms with Crippen LogP contribution in [0.15, 0.2) is 206 Å². The second kappa shape index (κ2) is 58.0. The second-order valence-electron chi connectivity index (χ2n) is 24.5. The molecular weight excluding hydrogens is 2270 g/mol. The molecule has 0 fully saturated rings. The summed E-state index contributed by atoms with van der Waals surface area (Å²) in [7, 11) is 1.67. The predicted molar refractivity (Wildman–Crippen MR) is 419 cm³/mol. The van der Waals surface area contributed by atoms with Gasteiger partial charge in [-0.25, -0.2) is 0 Å². The molecule has 4 atom stereocenters. The number of para-hydroxylation sites is 2. The minimum absolute atomic E-state index is 0. The van der Waals surface area contributed by atoms with Crippen LogP contribution in [0.4, 0.5) is 0 Å². The molecule has 0 aliphatic carbocycles. The summed E-state index contributed by atoms with van der Waals surface area (Å²) >= 11 is 0. The monoisotopic (exact) mass is 2380 g/mol. The van der Waals surface area contributed by atoms with E-state index in [1.165, 1.54) is 6.07 Å². The number of hydrogen-bond donors (Lipinski definition) is 6. The van der Waals surface area contributed by atoms with Gasteiger partial charge in [0, 0.05) is 208 Å². The Morgan fingerprint density at radius 1 is 0.355 bits per heavy atom. The van der Waals surface area contributed by atoms with E-state index in [9.17, 15) is 4.79 Å². The van der Waals surface area contributed by atoms with Gasteiger partial charge in [0.15, 0.2) is 6.29 Å². The summed E-state index contributed by atoms with van der Waals surface area (Å²) in [5, 5.41) is 52.3.